The highest BCUT2D eigenvalue weighted by molar-refractivity contribution is 5.82. The van der Waals surface area contributed by atoms with E-state index in [4.69, 9.17) is 0 Å². The van der Waals surface area contributed by atoms with E-state index in [1.54, 1.807) is 0 Å². The van der Waals surface area contributed by atoms with Gasteiger partial charge in [-0.15, -0.1) is 0 Å². The summed E-state index contributed by atoms with van der Waals surface area (Å²) in [5.41, 5.74) is 2.69. The molecule has 28 heavy (non-hydrogen) atoms. The summed E-state index contributed by atoms with van der Waals surface area (Å²) in [7, 11) is 0. The topological polar surface area (TPSA) is 26.8 Å². The van der Waals surface area contributed by atoms with Crippen LogP contribution in [0.15, 0.2) is 24.3 Å². The predicted octanol–water partition coefficient (Wildman–Crippen LogP) is 3.50. The van der Waals surface area contributed by atoms with Crippen LogP contribution >= 0.6 is 0 Å². The quantitative estimate of drug-likeness (QED) is 0.799. The molecule has 0 saturated carbocycles. The number of rotatable bonds is 3. The molecule has 0 unspecified atom stereocenters. The molecule has 0 bridgehead atoms. The van der Waals surface area contributed by atoms with E-state index >= 15 is 0 Å². The SMILES string of the molecule is CC(C)(C)C(=O)N1Cc2ccccc2C2(CCN(CCN3CCCC3)CC2)C1. The lowest BCUT2D eigenvalue weighted by molar-refractivity contribution is -0.142. The van der Waals surface area contributed by atoms with Gasteiger partial charge in [-0.05, 0) is 63.0 Å². The molecule has 3 aliphatic rings. The zero-order valence-corrected chi connectivity index (χ0v) is 18.0. The van der Waals surface area contributed by atoms with E-state index < -0.39 is 0 Å². The van der Waals surface area contributed by atoms with Crippen molar-refractivity contribution < 1.29 is 4.79 Å². The molecule has 2 fully saturated rings. The van der Waals surface area contributed by atoms with Crippen molar-refractivity contribution in [1.29, 1.82) is 0 Å². The van der Waals surface area contributed by atoms with Crippen molar-refractivity contribution in [2.45, 2.75) is 58.4 Å². The van der Waals surface area contributed by atoms with Gasteiger partial charge in [0.25, 0.3) is 0 Å². The molecular formula is C24H37N3O. The van der Waals surface area contributed by atoms with E-state index in [2.05, 4.69) is 39.0 Å². The van der Waals surface area contributed by atoms with Crippen molar-refractivity contribution >= 4 is 5.91 Å². The number of amides is 1. The monoisotopic (exact) mass is 383 g/mol. The molecule has 4 nitrogen and oxygen atoms in total. The van der Waals surface area contributed by atoms with E-state index in [0.29, 0.717) is 0 Å². The minimum absolute atomic E-state index is 0.139. The standard InChI is InChI=1S/C24H37N3O/c1-23(2,3)22(28)27-18-20-8-4-5-9-21(20)24(19-27)10-14-26(15-11-24)17-16-25-12-6-7-13-25/h4-5,8-9H,6-7,10-19H2,1-3H3. The Morgan fingerprint density at radius 2 is 1.57 bits per heavy atom. The fourth-order valence-corrected chi connectivity index (χ4v) is 5.43. The number of carbonyl (C=O) groups is 1. The van der Waals surface area contributed by atoms with Crippen LogP contribution in [0.5, 0.6) is 0 Å². The Labute approximate surface area is 170 Å². The Morgan fingerprint density at radius 3 is 2.21 bits per heavy atom. The van der Waals surface area contributed by atoms with Crippen molar-refractivity contribution in [3.63, 3.8) is 0 Å². The molecule has 3 heterocycles. The highest BCUT2D eigenvalue weighted by Crippen LogP contribution is 2.42. The summed E-state index contributed by atoms with van der Waals surface area (Å²) in [6, 6.07) is 8.87. The second-order valence-corrected chi connectivity index (χ2v) is 10.2. The molecule has 0 aromatic heterocycles. The van der Waals surface area contributed by atoms with Crippen LogP contribution < -0.4 is 0 Å². The van der Waals surface area contributed by atoms with Gasteiger partial charge < -0.3 is 14.7 Å². The predicted molar refractivity (Wildman–Crippen MR) is 114 cm³/mol. The molecule has 1 aromatic rings. The normalized spacial score (nSPS) is 23.2. The summed E-state index contributed by atoms with van der Waals surface area (Å²) in [6.45, 7) is 15.1. The second-order valence-electron chi connectivity index (χ2n) is 10.2. The van der Waals surface area contributed by atoms with Crippen molar-refractivity contribution in [3.8, 4) is 0 Å². The molecule has 2 saturated heterocycles. The Kier molecular flexibility index (Phi) is 5.54. The van der Waals surface area contributed by atoms with Crippen LogP contribution in [0.4, 0.5) is 0 Å². The van der Waals surface area contributed by atoms with Gasteiger partial charge in [-0.3, -0.25) is 4.79 Å². The van der Waals surface area contributed by atoms with E-state index in [-0.39, 0.29) is 16.7 Å². The number of hydrogen-bond acceptors (Lipinski definition) is 3. The molecule has 3 aliphatic heterocycles. The van der Waals surface area contributed by atoms with Gasteiger partial charge in [0.1, 0.15) is 0 Å². The van der Waals surface area contributed by atoms with Crippen LogP contribution in [0.25, 0.3) is 0 Å². The molecule has 1 aromatic carbocycles. The summed E-state index contributed by atoms with van der Waals surface area (Å²) >= 11 is 0. The van der Waals surface area contributed by atoms with Gasteiger partial charge in [0.05, 0.1) is 0 Å². The van der Waals surface area contributed by atoms with E-state index in [1.165, 1.54) is 50.1 Å². The zero-order chi connectivity index (χ0) is 19.8. The van der Waals surface area contributed by atoms with Gasteiger partial charge >= 0.3 is 0 Å². The average Bonchev–Trinajstić information content (AvgIpc) is 3.20. The fourth-order valence-electron chi connectivity index (χ4n) is 5.43. The molecule has 0 atom stereocenters. The van der Waals surface area contributed by atoms with E-state index in [0.717, 1.165) is 39.0 Å². The zero-order valence-electron chi connectivity index (χ0n) is 18.0. The Bertz CT molecular complexity index is 694. The number of fused-ring (bicyclic) bond motifs is 2. The Balaban J connectivity index is 1.47. The van der Waals surface area contributed by atoms with Crippen molar-refractivity contribution in [2.75, 3.05) is 45.8 Å². The number of benzene rings is 1. The minimum Gasteiger partial charge on any atom is -0.337 e. The number of nitrogens with zero attached hydrogens (tertiary/aromatic N) is 3. The van der Waals surface area contributed by atoms with Crippen LogP contribution in [0.1, 0.15) is 57.6 Å². The summed E-state index contributed by atoms with van der Waals surface area (Å²) < 4.78 is 0. The van der Waals surface area contributed by atoms with Crippen LogP contribution in [-0.2, 0) is 16.8 Å². The van der Waals surface area contributed by atoms with Gasteiger partial charge in [-0.25, -0.2) is 0 Å². The first-order valence-corrected chi connectivity index (χ1v) is 11.2. The van der Waals surface area contributed by atoms with E-state index in [1.807, 2.05) is 20.8 Å². The lowest BCUT2D eigenvalue weighted by Gasteiger charge is -2.49. The molecule has 1 spiro atoms. The van der Waals surface area contributed by atoms with Gasteiger partial charge in [-0.1, -0.05) is 45.0 Å². The highest BCUT2D eigenvalue weighted by Gasteiger charge is 2.44. The lowest BCUT2D eigenvalue weighted by atomic mass is 9.68. The van der Waals surface area contributed by atoms with E-state index in [9.17, 15) is 4.79 Å². The third-order valence-corrected chi connectivity index (χ3v) is 7.12. The summed E-state index contributed by atoms with van der Waals surface area (Å²) in [5, 5.41) is 0. The Hall–Kier alpha value is -1.39. The molecule has 0 radical (unpaired) electrons. The number of likely N-dealkylation sites (tertiary alicyclic amines) is 2. The van der Waals surface area contributed by atoms with Crippen LogP contribution in [0.3, 0.4) is 0 Å². The van der Waals surface area contributed by atoms with Gasteiger partial charge in [0.15, 0.2) is 0 Å². The smallest absolute Gasteiger partial charge is 0.228 e. The summed E-state index contributed by atoms with van der Waals surface area (Å²) in [4.78, 5) is 20.5. The largest absolute Gasteiger partial charge is 0.337 e. The van der Waals surface area contributed by atoms with Crippen LogP contribution in [0, 0.1) is 5.41 Å². The first kappa shape index (κ1) is 19.9. The molecule has 1 amide bonds. The summed E-state index contributed by atoms with van der Waals surface area (Å²) in [6.07, 6.45) is 5.07. The molecule has 4 heteroatoms. The minimum atomic E-state index is -0.316. The number of carbonyl (C=O) groups excluding carboxylic acids is 1. The second kappa shape index (κ2) is 7.79. The maximum Gasteiger partial charge on any atom is 0.228 e. The lowest BCUT2D eigenvalue weighted by Crippen LogP contribution is -2.55. The molecule has 0 aliphatic carbocycles. The Morgan fingerprint density at radius 1 is 0.964 bits per heavy atom. The van der Waals surface area contributed by atoms with Crippen LogP contribution in [-0.4, -0.2) is 66.4 Å². The third-order valence-electron chi connectivity index (χ3n) is 7.12. The molecule has 4 rings (SSSR count). The first-order valence-electron chi connectivity index (χ1n) is 11.2. The molecule has 0 N–H and O–H groups in total. The number of piperidine rings is 1. The van der Waals surface area contributed by atoms with Gasteiger partial charge in [0.2, 0.25) is 5.91 Å². The average molecular weight is 384 g/mol. The first-order chi connectivity index (χ1) is 13.4. The third kappa shape index (κ3) is 3.99. The molecular weight excluding hydrogens is 346 g/mol. The summed E-state index contributed by atoms with van der Waals surface area (Å²) in [5.74, 6) is 0.290. The molecule has 154 valence electrons. The van der Waals surface area contributed by atoms with Gasteiger partial charge in [0, 0.05) is 37.0 Å². The number of hydrogen-bond donors (Lipinski definition) is 0. The fraction of sp³-hybridized carbons (Fsp3) is 0.708. The highest BCUT2D eigenvalue weighted by atomic mass is 16.2. The maximum atomic E-state index is 13.1. The van der Waals surface area contributed by atoms with Gasteiger partial charge in [-0.2, -0.15) is 0 Å². The van der Waals surface area contributed by atoms with Crippen LogP contribution in [0.2, 0.25) is 0 Å². The van der Waals surface area contributed by atoms with Crippen molar-refractivity contribution in [1.82, 2.24) is 14.7 Å². The maximum absolute atomic E-state index is 13.1. The van der Waals surface area contributed by atoms with Crippen molar-refractivity contribution in [3.05, 3.63) is 35.4 Å². The van der Waals surface area contributed by atoms with Crippen molar-refractivity contribution in [2.24, 2.45) is 5.41 Å².